The molecule has 1 aromatic carbocycles. The Bertz CT molecular complexity index is 332. The highest BCUT2D eigenvalue weighted by Gasteiger charge is 2.16. The molecule has 1 aromatic rings. The molecule has 0 radical (unpaired) electrons. The maximum absolute atomic E-state index is 6.04. The van der Waals surface area contributed by atoms with Crippen molar-refractivity contribution in [3.63, 3.8) is 0 Å². The fourth-order valence-corrected chi connectivity index (χ4v) is 2.22. The van der Waals surface area contributed by atoms with Gasteiger partial charge in [-0.3, -0.25) is 0 Å². The number of hydrogen-bond acceptors (Lipinski definition) is 2. The number of unbranched alkanes of at least 4 members (excludes halogenated alkanes) is 4. The minimum Gasteiger partial charge on any atom is -0.372 e. The van der Waals surface area contributed by atoms with Crippen LogP contribution in [-0.4, -0.2) is 12.6 Å². The fourth-order valence-electron chi connectivity index (χ4n) is 2.22. The molecule has 2 unspecified atom stereocenters. The van der Waals surface area contributed by atoms with E-state index in [0.29, 0.717) is 0 Å². The summed E-state index contributed by atoms with van der Waals surface area (Å²) in [6.07, 6.45) is 6.34. The molecule has 0 aliphatic carbocycles. The van der Waals surface area contributed by atoms with Gasteiger partial charge in [0.2, 0.25) is 0 Å². The van der Waals surface area contributed by atoms with E-state index >= 15 is 0 Å². The van der Waals surface area contributed by atoms with Gasteiger partial charge in [0.05, 0.1) is 6.10 Å². The van der Waals surface area contributed by atoms with Gasteiger partial charge in [-0.2, -0.15) is 0 Å². The second kappa shape index (κ2) is 9.11. The van der Waals surface area contributed by atoms with Gasteiger partial charge >= 0.3 is 0 Å². The molecule has 0 aliphatic rings. The van der Waals surface area contributed by atoms with Crippen molar-refractivity contribution in [2.75, 3.05) is 6.61 Å². The van der Waals surface area contributed by atoms with E-state index in [1.165, 1.54) is 36.8 Å². The first-order valence-corrected chi connectivity index (χ1v) is 7.59. The average molecular weight is 263 g/mol. The van der Waals surface area contributed by atoms with Crippen LogP contribution >= 0.6 is 0 Å². The van der Waals surface area contributed by atoms with E-state index in [-0.39, 0.29) is 12.1 Å². The van der Waals surface area contributed by atoms with Crippen molar-refractivity contribution in [1.29, 1.82) is 0 Å². The van der Waals surface area contributed by atoms with Crippen LogP contribution in [0.15, 0.2) is 24.3 Å². The predicted molar refractivity (Wildman–Crippen MR) is 82.3 cm³/mol. The Hall–Kier alpha value is -0.860. The van der Waals surface area contributed by atoms with Crippen LogP contribution in [-0.2, 0) is 4.74 Å². The minimum absolute atomic E-state index is 0.0202. The molecule has 0 fully saturated rings. The number of benzene rings is 1. The Morgan fingerprint density at radius 1 is 1.05 bits per heavy atom. The first kappa shape index (κ1) is 16.2. The number of hydrogen-bond donors (Lipinski definition) is 1. The van der Waals surface area contributed by atoms with E-state index < -0.39 is 0 Å². The van der Waals surface area contributed by atoms with Crippen molar-refractivity contribution in [3.05, 3.63) is 35.4 Å². The van der Waals surface area contributed by atoms with Crippen LogP contribution in [0.3, 0.4) is 0 Å². The van der Waals surface area contributed by atoms with E-state index in [9.17, 15) is 0 Å². The molecule has 2 atom stereocenters. The zero-order chi connectivity index (χ0) is 14.1. The van der Waals surface area contributed by atoms with Gasteiger partial charge < -0.3 is 10.5 Å². The summed E-state index contributed by atoms with van der Waals surface area (Å²) in [6, 6.07) is 8.52. The maximum Gasteiger partial charge on any atom is 0.0972 e. The first-order valence-electron chi connectivity index (χ1n) is 7.59. The molecule has 0 heterocycles. The molecular formula is C17H29NO. The van der Waals surface area contributed by atoms with Crippen molar-refractivity contribution >= 4 is 0 Å². The third-order valence-corrected chi connectivity index (χ3v) is 3.43. The molecule has 2 nitrogen and oxygen atoms in total. The van der Waals surface area contributed by atoms with E-state index in [1.54, 1.807) is 0 Å². The molecule has 2 N–H and O–H groups in total. The molecule has 0 saturated carbocycles. The second-order valence-electron chi connectivity index (χ2n) is 5.48. The van der Waals surface area contributed by atoms with Crippen molar-refractivity contribution in [1.82, 2.24) is 0 Å². The van der Waals surface area contributed by atoms with Gasteiger partial charge in [0.25, 0.3) is 0 Å². The van der Waals surface area contributed by atoms with Crippen LogP contribution in [0.1, 0.15) is 63.2 Å². The summed E-state index contributed by atoms with van der Waals surface area (Å²) in [5.74, 6) is 0. The minimum atomic E-state index is 0.0202. The number of ether oxygens (including phenoxy) is 1. The zero-order valence-corrected chi connectivity index (χ0v) is 12.7. The molecule has 0 bridgehead atoms. The second-order valence-corrected chi connectivity index (χ2v) is 5.48. The van der Waals surface area contributed by atoms with Gasteiger partial charge in [-0.05, 0) is 25.8 Å². The maximum atomic E-state index is 6.04. The summed E-state index contributed by atoms with van der Waals surface area (Å²) in [7, 11) is 0. The topological polar surface area (TPSA) is 35.2 Å². The monoisotopic (exact) mass is 263 g/mol. The SMILES string of the molecule is CCCCCCCOC(c1ccc(C)cc1)C(C)N. The molecule has 0 saturated heterocycles. The molecule has 0 aliphatic heterocycles. The summed E-state index contributed by atoms with van der Waals surface area (Å²) in [5, 5.41) is 0. The lowest BCUT2D eigenvalue weighted by Crippen LogP contribution is -2.27. The molecule has 0 amide bonds. The largest absolute Gasteiger partial charge is 0.372 e. The lowest BCUT2D eigenvalue weighted by Gasteiger charge is -2.22. The van der Waals surface area contributed by atoms with Crippen molar-refractivity contribution in [2.45, 2.75) is 65.0 Å². The third kappa shape index (κ3) is 6.22. The standard InChI is InChI=1S/C17H29NO/c1-4-5-6-7-8-13-19-17(15(3)18)16-11-9-14(2)10-12-16/h9-12,15,17H,4-8,13,18H2,1-3H3. The van der Waals surface area contributed by atoms with Crippen LogP contribution in [0, 0.1) is 6.92 Å². The number of aryl methyl sites for hydroxylation is 1. The normalized spacial score (nSPS) is 14.3. The van der Waals surface area contributed by atoms with E-state index in [4.69, 9.17) is 10.5 Å². The van der Waals surface area contributed by atoms with Crippen molar-refractivity contribution < 1.29 is 4.74 Å². The van der Waals surface area contributed by atoms with Gasteiger partial charge in [-0.1, -0.05) is 62.4 Å². The molecule has 2 heteroatoms. The Kier molecular flexibility index (Phi) is 7.76. The van der Waals surface area contributed by atoms with Gasteiger partial charge in [0.15, 0.2) is 0 Å². The highest BCUT2D eigenvalue weighted by atomic mass is 16.5. The van der Waals surface area contributed by atoms with Crippen molar-refractivity contribution in [2.24, 2.45) is 5.73 Å². The quantitative estimate of drug-likeness (QED) is 0.671. The summed E-state index contributed by atoms with van der Waals surface area (Å²) < 4.78 is 5.98. The fraction of sp³-hybridized carbons (Fsp3) is 0.647. The average Bonchev–Trinajstić information content (AvgIpc) is 2.39. The third-order valence-electron chi connectivity index (χ3n) is 3.43. The lowest BCUT2D eigenvalue weighted by molar-refractivity contribution is 0.0358. The van der Waals surface area contributed by atoms with E-state index in [0.717, 1.165) is 13.0 Å². The highest BCUT2D eigenvalue weighted by molar-refractivity contribution is 5.24. The number of nitrogens with two attached hydrogens (primary N) is 1. The van der Waals surface area contributed by atoms with Crippen LogP contribution in [0.25, 0.3) is 0 Å². The van der Waals surface area contributed by atoms with Crippen LogP contribution in [0.5, 0.6) is 0 Å². The summed E-state index contributed by atoms with van der Waals surface area (Å²) in [5.41, 5.74) is 8.50. The van der Waals surface area contributed by atoms with E-state index in [2.05, 4.69) is 38.1 Å². The van der Waals surface area contributed by atoms with Crippen LogP contribution in [0.4, 0.5) is 0 Å². The van der Waals surface area contributed by atoms with Crippen molar-refractivity contribution in [3.8, 4) is 0 Å². The highest BCUT2D eigenvalue weighted by Crippen LogP contribution is 2.21. The van der Waals surface area contributed by atoms with Crippen LogP contribution < -0.4 is 5.73 Å². The summed E-state index contributed by atoms with van der Waals surface area (Å²) >= 11 is 0. The lowest BCUT2D eigenvalue weighted by atomic mass is 10.0. The van der Waals surface area contributed by atoms with E-state index in [1.807, 2.05) is 6.92 Å². The molecule has 0 aromatic heterocycles. The zero-order valence-electron chi connectivity index (χ0n) is 12.7. The first-order chi connectivity index (χ1) is 9.15. The Balaban J connectivity index is 2.39. The Morgan fingerprint density at radius 3 is 2.26 bits per heavy atom. The molecule has 108 valence electrons. The van der Waals surface area contributed by atoms with Gasteiger partial charge in [0.1, 0.15) is 0 Å². The Labute approximate surface area is 118 Å². The molecular weight excluding hydrogens is 234 g/mol. The summed E-state index contributed by atoms with van der Waals surface area (Å²) in [4.78, 5) is 0. The van der Waals surface area contributed by atoms with Gasteiger partial charge in [-0.15, -0.1) is 0 Å². The van der Waals surface area contributed by atoms with Gasteiger partial charge in [0, 0.05) is 12.6 Å². The predicted octanol–water partition coefficient (Wildman–Crippen LogP) is 4.37. The smallest absolute Gasteiger partial charge is 0.0972 e. The molecule has 0 spiro atoms. The van der Waals surface area contributed by atoms with Gasteiger partial charge in [-0.25, -0.2) is 0 Å². The van der Waals surface area contributed by atoms with Crippen LogP contribution in [0.2, 0.25) is 0 Å². The molecule has 1 rings (SSSR count). The summed E-state index contributed by atoms with van der Waals surface area (Å²) in [6.45, 7) is 7.16. The Morgan fingerprint density at radius 2 is 1.68 bits per heavy atom. The molecule has 19 heavy (non-hydrogen) atoms. The number of rotatable bonds is 9.